The highest BCUT2D eigenvalue weighted by Crippen LogP contribution is 2.51. The van der Waals surface area contributed by atoms with Crippen LogP contribution < -0.4 is 4.90 Å². The first-order valence-electron chi connectivity index (χ1n) is 21.3. The highest BCUT2D eigenvalue weighted by Gasteiger charge is 2.36. The second-order valence-electron chi connectivity index (χ2n) is 17.1. The number of hydrogen-bond acceptors (Lipinski definition) is 1. The minimum absolute atomic E-state index is 0.132. The van der Waals surface area contributed by atoms with E-state index in [1.54, 1.807) is 0 Å². The molecule has 0 amide bonds. The summed E-state index contributed by atoms with van der Waals surface area (Å²) in [5.41, 5.74) is 21.8. The molecule has 0 unspecified atom stereocenters. The van der Waals surface area contributed by atoms with E-state index >= 15 is 0 Å². The molecule has 0 fully saturated rings. The average Bonchev–Trinajstić information content (AvgIpc) is 3.74. The summed E-state index contributed by atoms with van der Waals surface area (Å²) in [5, 5.41) is 2.45. The molecule has 1 aromatic heterocycles. The van der Waals surface area contributed by atoms with E-state index in [4.69, 9.17) is 0 Å². The number of hydrogen-bond donors (Lipinski definition) is 0. The number of fused-ring (bicyclic) bond motifs is 6. The summed E-state index contributed by atoms with van der Waals surface area (Å²) in [6.45, 7) is 9.04. The number of benzene rings is 9. The van der Waals surface area contributed by atoms with Crippen LogP contribution in [-0.4, -0.2) is 4.57 Å². The molecule has 9 aromatic carbocycles. The van der Waals surface area contributed by atoms with E-state index < -0.39 is 0 Å². The third-order valence-corrected chi connectivity index (χ3v) is 13.0. The van der Waals surface area contributed by atoms with E-state index in [9.17, 15) is 0 Å². The summed E-state index contributed by atoms with van der Waals surface area (Å²) >= 11 is 0. The highest BCUT2D eigenvalue weighted by molar-refractivity contribution is 6.11. The van der Waals surface area contributed by atoms with Gasteiger partial charge in [-0.3, -0.25) is 0 Å². The van der Waals surface area contributed by atoms with Crippen LogP contribution in [0.15, 0.2) is 206 Å². The average molecular weight is 783 g/mol. The van der Waals surface area contributed by atoms with Crippen LogP contribution in [-0.2, 0) is 5.41 Å². The Balaban J connectivity index is 1.17. The molecule has 1 aliphatic rings. The van der Waals surface area contributed by atoms with Gasteiger partial charge in [-0.05, 0) is 101 Å². The lowest BCUT2D eigenvalue weighted by atomic mass is 9.82. The predicted octanol–water partition coefficient (Wildman–Crippen LogP) is 16.2. The van der Waals surface area contributed by atoms with Crippen molar-refractivity contribution in [1.82, 2.24) is 4.57 Å². The van der Waals surface area contributed by atoms with Crippen molar-refractivity contribution in [3.8, 4) is 50.2 Å². The fourth-order valence-corrected chi connectivity index (χ4v) is 9.77. The van der Waals surface area contributed by atoms with Crippen LogP contribution in [0.1, 0.15) is 36.1 Å². The quantitative estimate of drug-likeness (QED) is 0.156. The molecule has 0 saturated carbocycles. The van der Waals surface area contributed by atoms with E-state index in [2.05, 4.69) is 243 Å². The van der Waals surface area contributed by atoms with Crippen molar-refractivity contribution in [1.29, 1.82) is 0 Å². The number of anilines is 3. The molecular weight excluding hydrogens is 737 g/mol. The molecule has 0 saturated heterocycles. The van der Waals surface area contributed by atoms with E-state index in [0.717, 1.165) is 22.6 Å². The largest absolute Gasteiger partial charge is 0.310 e. The highest BCUT2D eigenvalue weighted by atomic mass is 15.1. The van der Waals surface area contributed by atoms with Crippen molar-refractivity contribution in [3.05, 3.63) is 229 Å². The maximum Gasteiger partial charge on any atom is 0.0618 e. The molecule has 10 aromatic rings. The molecule has 0 N–H and O–H groups in total. The van der Waals surface area contributed by atoms with Gasteiger partial charge in [0, 0.05) is 44.4 Å². The summed E-state index contributed by atoms with van der Waals surface area (Å²) < 4.78 is 2.53. The normalized spacial score (nSPS) is 12.7. The summed E-state index contributed by atoms with van der Waals surface area (Å²) in [7, 11) is 0. The molecule has 11 rings (SSSR count). The molecular formula is C59H46N2. The minimum Gasteiger partial charge on any atom is -0.310 e. The Kier molecular flexibility index (Phi) is 8.65. The number of aromatic nitrogens is 1. The summed E-state index contributed by atoms with van der Waals surface area (Å²) in [6.07, 6.45) is 0. The lowest BCUT2D eigenvalue weighted by molar-refractivity contribution is 0.660. The van der Waals surface area contributed by atoms with Crippen LogP contribution in [0.25, 0.3) is 72.0 Å². The minimum atomic E-state index is -0.132. The van der Waals surface area contributed by atoms with Gasteiger partial charge in [-0.25, -0.2) is 0 Å². The van der Waals surface area contributed by atoms with Crippen LogP contribution >= 0.6 is 0 Å². The van der Waals surface area contributed by atoms with E-state index in [0.29, 0.717) is 0 Å². The third-order valence-electron chi connectivity index (χ3n) is 13.0. The third kappa shape index (κ3) is 6.09. The molecule has 1 heterocycles. The topological polar surface area (TPSA) is 8.17 Å². The van der Waals surface area contributed by atoms with Gasteiger partial charge in [0.05, 0.1) is 16.7 Å². The second kappa shape index (κ2) is 14.4. The van der Waals surface area contributed by atoms with Gasteiger partial charge in [0.1, 0.15) is 0 Å². The maximum atomic E-state index is 2.53. The molecule has 0 radical (unpaired) electrons. The Bertz CT molecular complexity index is 3200. The van der Waals surface area contributed by atoms with Gasteiger partial charge >= 0.3 is 0 Å². The first-order chi connectivity index (χ1) is 29.8. The van der Waals surface area contributed by atoms with Gasteiger partial charge < -0.3 is 9.47 Å². The van der Waals surface area contributed by atoms with Gasteiger partial charge in [-0.1, -0.05) is 189 Å². The van der Waals surface area contributed by atoms with Crippen molar-refractivity contribution < 1.29 is 0 Å². The standard InChI is InChI=1S/C59H46N2/c1-39-21-25-43(26-22-39)48-17-12-18-49(44-27-23-40(2)24-28-44)58(48)61-56-20-11-9-16-52(56)53-36-34-47(38-57(53)61)60(45-31-29-42(30-32-45)41-13-6-5-7-14-41)46-33-35-51-50-15-8-10-19-54(50)59(3,4)55(51)37-46/h5-38H,1-4H3. The van der Waals surface area contributed by atoms with E-state index in [-0.39, 0.29) is 5.41 Å². The van der Waals surface area contributed by atoms with Crippen LogP contribution in [0.4, 0.5) is 17.1 Å². The van der Waals surface area contributed by atoms with E-state index in [1.165, 1.54) is 88.7 Å². The summed E-state index contributed by atoms with van der Waals surface area (Å²) in [6, 6.07) is 76.4. The number of aryl methyl sites for hydroxylation is 2. The number of nitrogens with zero attached hydrogens (tertiary/aromatic N) is 2. The van der Waals surface area contributed by atoms with Crippen LogP contribution in [0.2, 0.25) is 0 Å². The summed E-state index contributed by atoms with van der Waals surface area (Å²) in [4.78, 5) is 2.45. The fraction of sp³-hybridized carbons (Fsp3) is 0.0847. The van der Waals surface area contributed by atoms with Crippen molar-refractivity contribution in [2.75, 3.05) is 4.90 Å². The molecule has 0 spiro atoms. The van der Waals surface area contributed by atoms with Gasteiger partial charge in [-0.2, -0.15) is 0 Å². The molecule has 292 valence electrons. The monoisotopic (exact) mass is 782 g/mol. The first kappa shape index (κ1) is 36.6. The lowest BCUT2D eigenvalue weighted by Gasteiger charge is -2.28. The Labute approximate surface area is 358 Å². The SMILES string of the molecule is Cc1ccc(-c2cccc(-c3ccc(C)cc3)c2-n2c3ccccc3c3ccc(N(c4ccc(-c5ccccc5)cc4)c4ccc5c(c4)C(C)(C)c4ccccc4-5)cc32)cc1. The zero-order chi connectivity index (χ0) is 41.2. The maximum absolute atomic E-state index is 2.53. The summed E-state index contributed by atoms with van der Waals surface area (Å²) in [5.74, 6) is 0. The molecule has 0 bridgehead atoms. The Morgan fingerprint density at radius 1 is 0.361 bits per heavy atom. The van der Waals surface area contributed by atoms with Crippen LogP contribution in [0.5, 0.6) is 0 Å². The molecule has 0 aliphatic heterocycles. The van der Waals surface area contributed by atoms with Gasteiger partial charge in [-0.15, -0.1) is 0 Å². The van der Waals surface area contributed by atoms with Crippen LogP contribution in [0.3, 0.4) is 0 Å². The molecule has 2 nitrogen and oxygen atoms in total. The molecule has 61 heavy (non-hydrogen) atoms. The first-order valence-corrected chi connectivity index (χ1v) is 21.3. The zero-order valence-corrected chi connectivity index (χ0v) is 35.0. The van der Waals surface area contributed by atoms with Crippen molar-refractivity contribution in [2.24, 2.45) is 0 Å². The Morgan fingerprint density at radius 2 is 0.869 bits per heavy atom. The molecule has 1 aliphatic carbocycles. The lowest BCUT2D eigenvalue weighted by Crippen LogP contribution is -2.16. The van der Waals surface area contributed by atoms with Gasteiger partial charge in [0.2, 0.25) is 0 Å². The van der Waals surface area contributed by atoms with Gasteiger partial charge in [0.25, 0.3) is 0 Å². The Morgan fingerprint density at radius 3 is 1.57 bits per heavy atom. The Hall–Kier alpha value is -7.42. The van der Waals surface area contributed by atoms with Crippen molar-refractivity contribution in [2.45, 2.75) is 33.1 Å². The fourth-order valence-electron chi connectivity index (χ4n) is 9.77. The van der Waals surface area contributed by atoms with Gasteiger partial charge in [0.15, 0.2) is 0 Å². The molecule has 2 heteroatoms. The zero-order valence-electron chi connectivity index (χ0n) is 35.0. The van der Waals surface area contributed by atoms with Crippen LogP contribution in [0, 0.1) is 13.8 Å². The second-order valence-corrected chi connectivity index (χ2v) is 17.1. The van der Waals surface area contributed by atoms with E-state index in [1.807, 2.05) is 0 Å². The predicted molar refractivity (Wildman–Crippen MR) is 259 cm³/mol. The number of para-hydroxylation sites is 2. The van der Waals surface area contributed by atoms with Crippen molar-refractivity contribution in [3.63, 3.8) is 0 Å². The number of rotatable bonds is 7. The smallest absolute Gasteiger partial charge is 0.0618 e. The van der Waals surface area contributed by atoms with Crippen molar-refractivity contribution >= 4 is 38.9 Å². The molecule has 0 atom stereocenters.